The summed E-state index contributed by atoms with van der Waals surface area (Å²) >= 11 is 1.74. The molecule has 1 aliphatic heterocycles. The summed E-state index contributed by atoms with van der Waals surface area (Å²) in [6.45, 7) is 4.91. The lowest BCUT2D eigenvalue weighted by Gasteiger charge is -2.14. The fraction of sp³-hybridized carbons (Fsp3) is 0.600. The molecule has 1 aliphatic rings. The maximum Gasteiger partial charge on any atom is 0.147 e. The summed E-state index contributed by atoms with van der Waals surface area (Å²) in [6, 6.07) is 0. The van der Waals surface area contributed by atoms with Gasteiger partial charge in [-0.1, -0.05) is 11.8 Å². The minimum atomic E-state index is 0.286. The Labute approximate surface area is 99.2 Å². The molecule has 88 valence electrons. The molecule has 0 spiro atoms. The summed E-state index contributed by atoms with van der Waals surface area (Å²) in [5, 5.41) is 1.45. The Balaban J connectivity index is 2.14. The monoisotopic (exact) mass is 240 g/mol. The maximum absolute atomic E-state index is 5.53. The molecule has 0 radical (unpaired) electrons. The van der Waals surface area contributed by atoms with E-state index >= 15 is 0 Å². The van der Waals surface area contributed by atoms with Gasteiger partial charge in [-0.15, -0.1) is 0 Å². The van der Waals surface area contributed by atoms with Crippen molar-refractivity contribution >= 4 is 17.6 Å². The Morgan fingerprint density at radius 2 is 2.38 bits per heavy atom. The minimum Gasteiger partial charge on any atom is -0.377 e. The second-order valence-corrected chi connectivity index (χ2v) is 5.05. The number of nitrogen functional groups attached to an aromatic ring is 1. The van der Waals surface area contributed by atoms with Crippen LogP contribution in [0.3, 0.4) is 0 Å². The van der Waals surface area contributed by atoms with Gasteiger partial charge in [0, 0.05) is 17.4 Å². The second kappa shape index (κ2) is 4.99. The van der Waals surface area contributed by atoms with Crippen molar-refractivity contribution in [2.75, 3.05) is 12.0 Å². The highest BCUT2D eigenvalue weighted by molar-refractivity contribution is 8.00. The minimum absolute atomic E-state index is 0.286. The number of nitrogens with zero attached hydrogens (tertiary/aromatic N) is 2. The van der Waals surface area contributed by atoms with Gasteiger partial charge in [0.2, 0.25) is 0 Å². The van der Waals surface area contributed by atoms with Crippen molar-refractivity contribution < 1.29 is 4.74 Å². The van der Waals surface area contributed by atoms with Crippen LogP contribution in [0, 0.1) is 6.92 Å². The summed E-state index contributed by atoms with van der Waals surface area (Å²) in [5.74, 6) is 6.07. The molecule has 0 saturated carbocycles. The van der Waals surface area contributed by atoms with Gasteiger partial charge in [-0.2, -0.15) is 0 Å². The molecule has 1 aromatic rings. The van der Waals surface area contributed by atoms with Crippen molar-refractivity contribution in [1.29, 1.82) is 0 Å². The lowest BCUT2D eigenvalue weighted by Crippen LogP contribution is -2.15. The second-order valence-electron chi connectivity index (χ2n) is 3.82. The number of aromatic nitrogens is 2. The van der Waals surface area contributed by atoms with E-state index in [0.717, 1.165) is 23.6 Å². The molecule has 6 heteroatoms. The maximum atomic E-state index is 5.53. The van der Waals surface area contributed by atoms with Crippen molar-refractivity contribution in [2.45, 2.75) is 36.6 Å². The molecule has 1 saturated heterocycles. The van der Waals surface area contributed by atoms with Gasteiger partial charge in [0.15, 0.2) is 0 Å². The van der Waals surface area contributed by atoms with Crippen LogP contribution in [0.4, 0.5) is 5.82 Å². The van der Waals surface area contributed by atoms with Crippen molar-refractivity contribution in [2.24, 2.45) is 5.84 Å². The number of hydrazine groups is 1. The van der Waals surface area contributed by atoms with Crippen LogP contribution in [0.5, 0.6) is 0 Å². The fourth-order valence-electron chi connectivity index (χ4n) is 1.71. The third-order valence-corrected chi connectivity index (χ3v) is 4.30. The van der Waals surface area contributed by atoms with E-state index in [1.807, 2.05) is 6.92 Å². The van der Waals surface area contributed by atoms with E-state index in [1.165, 1.54) is 6.33 Å². The van der Waals surface area contributed by atoms with Gasteiger partial charge in [-0.05, 0) is 20.3 Å². The standard InChI is InChI=1S/C10H16N4OS/c1-6-9(14-11)12-5-13-10(6)16-8-3-4-15-7(8)2/h5,7-8H,3-4,11H2,1-2H3,(H,12,13,14). The lowest BCUT2D eigenvalue weighted by atomic mass is 10.3. The number of nitrogens with two attached hydrogens (primary N) is 1. The molecule has 3 N–H and O–H groups in total. The molecule has 0 bridgehead atoms. The van der Waals surface area contributed by atoms with E-state index in [0.29, 0.717) is 11.1 Å². The average molecular weight is 240 g/mol. The smallest absolute Gasteiger partial charge is 0.147 e. The summed E-state index contributed by atoms with van der Waals surface area (Å²) in [5.41, 5.74) is 3.57. The third-order valence-electron chi connectivity index (χ3n) is 2.74. The molecule has 1 fully saturated rings. The van der Waals surface area contributed by atoms with Crippen molar-refractivity contribution in [3.05, 3.63) is 11.9 Å². The van der Waals surface area contributed by atoms with Crippen LogP contribution in [-0.4, -0.2) is 27.9 Å². The van der Waals surface area contributed by atoms with Gasteiger partial charge in [0.1, 0.15) is 17.2 Å². The first-order chi connectivity index (χ1) is 7.72. The molecule has 5 nitrogen and oxygen atoms in total. The summed E-state index contributed by atoms with van der Waals surface area (Å²) in [4.78, 5) is 8.34. The Morgan fingerprint density at radius 1 is 1.56 bits per heavy atom. The largest absolute Gasteiger partial charge is 0.377 e. The average Bonchev–Trinajstić information content (AvgIpc) is 2.68. The molecule has 2 rings (SSSR count). The molecule has 2 unspecified atom stereocenters. The number of nitrogens with one attached hydrogen (secondary N) is 1. The molecule has 1 aromatic heterocycles. The topological polar surface area (TPSA) is 73.1 Å². The zero-order chi connectivity index (χ0) is 11.5. The van der Waals surface area contributed by atoms with Crippen molar-refractivity contribution in [1.82, 2.24) is 9.97 Å². The normalized spacial score (nSPS) is 24.7. The predicted molar refractivity (Wildman–Crippen MR) is 64.3 cm³/mol. The Hall–Kier alpha value is -0.850. The van der Waals surface area contributed by atoms with Crippen LogP contribution in [0.15, 0.2) is 11.4 Å². The SMILES string of the molecule is Cc1c(NN)ncnc1SC1CCOC1C. The van der Waals surface area contributed by atoms with Gasteiger partial charge in [-0.25, -0.2) is 15.8 Å². The zero-order valence-corrected chi connectivity index (χ0v) is 10.3. The van der Waals surface area contributed by atoms with E-state index in [4.69, 9.17) is 10.6 Å². The number of hydrogen-bond acceptors (Lipinski definition) is 6. The third kappa shape index (κ3) is 2.28. The van der Waals surface area contributed by atoms with E-state index < -0.39 is 0 Å². The summed E-state index contributed by atoms with van der Waals surface area (Å²) in [7, 11) is 0. The highest BCUT2D eigenvalue weighted by Crippen LogP contribution is 2.33. The number of thioether (sulfide) groups is 1. The molecule has 16 heavy (non-hydrogen) atoms. The van der Waals surface area contributed by atoms with E-state index in [2.05, 4.69) is 22.3 Å². The first-order valence-electron chi connectivity index (χ1n) is 5.29. The van der Waals surface area contributed by atoms with Crippen LogP contribution in [0.2, 0.25) is 0 Å². The van der Waals surface area contributed by atoms with Crippen LogP contribution < -0.4 is 11.3 Å². The Kier molecular flexibility index (Phi) is 3.63. The summed E-state index contributed by atoms with van der Waals surface area (Å²) < 4.78 is 5.53. The summed E-state index contributed by atoms with van der Waals surface area (Å²) in [6.07, 6.45) is 2.89. The zero-order valence-electron chi connectivity index (χ0n) is 9.43. The van der Waals surface area contributed by atoms with Crippen molar-refractivity contribution in [3.8, 4) is 0 Å². The highest BCUT2D eigenvalue weighted by atomic mass is 32.2. The number of anilines is 1. The molecule has 0 aliphatic carbocycles. The molecule has 0 aromatic carbocycles. The van der Waals surface area contributed by atoms with Crippen LogP contribution >= 0.6 is 11.8 Å². The lowest BCUT2D eigenvalue weighted by molar-refractivity contribution is 0.127. The molecule has 2 atom stereocenters. The van der Waals surface area contributed by atoms with Gasteiger partial charge < -0.3 is 10.2 Å². The molecular weight excluding hydrogens is 224 g/mol. The van der Waals surface area contributed by atoms with E-state index in [1.54, 1.807) is 11.8 Å². The van der Waals surface area contributed by atoms with Crippen LogP contribution in [-0.2, 0) is 4.74 Å². The first kappa shape index (κ1) is 11.6. The number of rotatable bonds is 3. The fourth-order valence-corrected chi connectivity index (χ4v) is 2.86. The van der Waals surface area contributed by atoms with Gasteiger partial charge in [-0.3, -0.25) is 0 Å². The molecule has 0 amide bonds. The Bertz CT molecular complexity index is 374. The number of ether oxygens (including phenoxy) is 1. The van der Waals surface area contributed by atoms with Crippen molar-refractivity contribution in [3.63, 3.8) is 0 Å². The first-order valence-corrected chi connectivity index (χ1v) is 6.17. The van der Waals surface area contributed by atoms with Crippen LogP contribution in [0.1, 0.15) is 18.9 Å². The van der Waals surface area contributed by atoms with E-state index in [-0.39, 0.29) is 6.10 Å². The predicted octanol–water partition coefficient (Wildman–Crippen LogP) is 1.34. The quantitative estimate of drug-likeness (QED) is 0.472. The van der Waals surface area contributed by atoms with Crippen LogP contribution in [0.25, 0.3) is 0 Å². The van der Waals surface area contributed by atoms with E-state index in [9.17, 15) is 0 Å². The highest BCUT2D eigenvalue weighted by Gasteiger charge is 2.26. The van der Waals surface area contributed by atoms with Gasteiger partial charge in [0.25, 0.3) is 0 Å². The number of hydrogen-bond donors (Lipinski definition) is 2. The molecule has 2 heterocycles. The van der Waals surface area contributed by atoms with Gasteiger partial charge in [0.05, 0.1) is 6.10 Å². The Morgan fingerprint density at radius 3 is 3.00 bits per heavy atom. The molecular formula is C10H16N4OS. The van der Waals surface area contributed by atoms with Gasteiger partial charge >= 0.3 is 0 Å².